The highest BCUT2D eigenvalue weighted by Crippen LogP contribution is 2.24. The molecule has 72 valence electrons. The lowest BCUT2D eigenvalue weighted by atomic mass is 10.2. The first kappa shape index (κ1) is 8.68. The second-order valence-electron chi connectivity index (χ2n) is 2.92. The van der Waals surface area contributed by atoms with E-state index in [1.165, 1.54) is 13.1 Å². The Kier molecular flexibility index (Phi) is 1.73. The molecule has 0 atom stereocenters. The lowest BCUT2D eigenvalue weighted by Crippen LogP contribution is -2.16. The van der Waals surface area contributed by atoms with Gasteiger partial charge in [-0.05, 0) is 12.1 Å². The Morgan fingerprint density at radius 1 is 1.50 bits per heavy atom. The van der Waals surface area contributed by atoms with Crippen LogP contribution in [0.15, 0.2) is 23.1 Å². The van der Waals surface area contributed by atoms with Gasteiger partial charge in [0.15, 0.2) is 11.6 Å². The van der Waals surface area contributed by atoms with E-state index in [0.717, 1.165) is 16.8 Å². The summed E-state index contributed by atoms with van der Waals surface area (Å²) in [6, 6.07) is 2.51. The second kappa shape index (κ2) is 2.80. The smallest absolute Gasteiger partial charge is 0.269 e. The van der Waals surface area contributed by atoms with Crippen molar-refractivity contribution in [2.24, 2.45) is 7.05 Å². The number of aromatic hydroxyl groups is 1. The first-order valence-electron chi connectivity index (χ1n) is 3.94. The third kappa shape index (κ3) is 1.06. The molecule has 0 saturated heterocycles. The Morgan fingerprint density at radius 2 is 2.21 bits per heavy atom. The number of fused-ring (bicyclic) bond motifs is 1. The van der Waals surface area contributed by atoms with Crippen molar-refractivity contribution in [3.63, 3.8) is 0 Å². The Labute approximate surface area is 78.2 Å². The monoisotopic (exact) mass is 194 g/mol. The molecule has 0 aliphatic carbocycles. The van der Waals surface area contributed by atoms with Gasteiger partial charge in [-0.3, -0.25) is 4.79 Å². The first-order chi connectivity index (χ1) is 6.61. The van der Waals surface area contributed by atoms with Gasteiger partial charge in [-0.25, -0.2) is 9.37 Å². The molecule has 1 N–H and O–H groups in total. The summed E-state index contributed by atoms with van der Waals surface area (Å²) < 4.78 is 14.1. The van der Waals surface area contributed by atoms with Crippen LogP contribution in [-0.4, -0.2) is 14.7 Å². The number of hydrogen-bond acceptors (Lipinski definition) is 3. The minimum absolute atomic E-state index is 0.109. The zero-order valence-electron chi connectivity index (χ0n) is 7.36. The molecule has 1 aromatic heterocycles. The van der Waals surface area contributed by atoms with Crippen LogP contribution in [0.25, 0.3) is 11.0 Å². The van der Waals surface area contributed by atoms with Gasteiger partial charge in [0, 0.05) is 7.05 Å². The number of benzene rings is 1. The Balaban J connectivity index is 3.06. The quantitative estimate of drug-likeness (QED) is 0.674. The van der Waals surface area contributed by atoms with Crippen LogP contribution in [0, 0.1) is 5.82 Å². The predicted octanol–water partition coefficient (Wildman–Crippen LogP) is 0.778. The molecule has 0 aliphatic rings. The minimum Gasteiger partial charge on any atom is -0.503 e. The van der Waals surface area contributed by atoms with Crippen molar-refractivity contribution in [3.05, 3.63) is 34.5 Å². The van der Waals surface area contributed by atoms with E-state index in [1.54, 1.807) is 0 Å². The zero-order valence-corrected chi connectivity index (χ0v) is 7.36. The summed E-state index contributed by atoms with van der Waals surface area (Å²) in [6.07, 6.45) is 1.12. The number of hydrogen-bond donors (Lipinski definition) is 1. The number of rotatable bonds is 0. The maximum absolute atomic E-state index is 13.0. The maximum Gasteiger partial charge on any atom is 0.269 e. The lowest BCUT2D eigenvalue weighted by molar-refractivity contribution is 0.435. The molecule has 2 rings (SSSR count). The van der Waals surface area contributed by atoms with Crippen molar-refractivity contribution < 1.29 is 9.50 Å². The van der Waals surface area contributed by atoms with Crippen LogP contribution in [0.4, 0.5) is 4.39 Å². The van der Waals surface area contributed by atoms with Crippen molar-refractivity contribution in [2.45, 2.75) is 0 Å². The summed E-state index contributed by atoms with van der Waals surface area (Å²) in [5.41, 5.74) is 0.0990. The largest absolute Gasteiger partial charge is 0.503 e. The molecular formula is C9H7FN2O2. The molecule has 0 fully saturated rings. The molecule has 0 unspecified atom stereocenters. The summed E-state index contributed by atoms with van der Waals surface area (Å²) in [4.78, 5) is 14.9. The van der Waals surface area contributed by atoms with E-state index in [1.807, 2.05) is 0 Å². The third-order valence-electron chi connectivity index (χ3n) is 2.06. The summed E-state index contributed by atoms with van der Waals surface area (Å²) in [5.74, 6) is -1.31. The van der Waals surface area contributed by atoms with Crippen LogP contribution in [0.1, 0.15) is 0 Å². The Morgan fingerprint density at radius 3 is 2.93 bits per heavy atom. The minimum atomic E-state index is -0.763. The molecule has 0 radical (unpaired) electrons. The van der Waals surface area contributed by atoms with E-state index in [4.69, 9.17) is 0 Å². The molecule has 0 aliphatic heterocycles. The van der Waals surface area contributed by atoms with E-state index in [2.05, 4.69) is 4.98 Å². The number of aromatic nitrogens is 2. The fourth-order valence-electron chi connectivity index (χ4n) is 1.30. The van der Waals surface area contributed by atoms with Crippen molar-refractivity contribution in [1.82, 2.24) is 9.55 Å². The third-order valence-corrected chi connectivity index (χ3v) is 2.06. The van der Waals surface area contributed by atoms with Gasteiger partial charge < -0.3 is 9.67 Å². The van der Waals surface area contributed by atoms with Crippen molar-refractivity contribution in [2.75, 3.05) is 0 Å². The van der Waals surface area contributed by atoms with Gasteiger partial charge in [0.1, 0.15) is 5.52 Å². The number of phenols is 1. The van der Waals surface area contributed by atoms with E-state index in [-0.39, 0.29) is 5.52 Å². The van der Waals surface area contributed by atoms with Crippen LogP contribution in [0.3, 0.4) is 0 Å². The summed E-state index contributed by atoms with van der Waals surface area (Å²) in [7, 11) is 1.45. The molecule has 0 saturated carbocycles. The highest BCUT2D eigenvalue weighted by atomic mass is 19.1. The summed E-state index contributed by atoms with van der Waals surface area (Å²) in [5, 5.41) is 9.39. The molecule has 0 bridgehead atoms. The van der Waals surface area contributed by atoms with E-state index < -0.39 is 17.1 Å². The Bertz CT molecular complexity index is 562. The van der Waals surface area contributed by atoms with Crippen LogP contribution in [0.2, 0.25) is 0 Å². The average molecular weight is 194 g/mol. The van der Waals surface area contributed by atoms with Gasteiger partial charge in [0.05, 0.1) is 11.7 Å². The van der Waals surface area contributed by atoms with Gasteiger partial charge in [-0.1, -0.05) is 0 Å². The van der Waals surface area contributed by atoms with Crippen LogP contribution in [0.5, 0.6) is 5.75 Å². The van der Waals surface area contributed by atoms with E-state index in [0.29, 0.717) is 5.52 Å². The van der Waals surface area contributed by atoms with Crippen LogP contribution in [-0.2, 0) is 7.05 Å². The maximum atomic E-state index is 13.0. The molecule has 1 aromatic carbocycles. The number of halogens is 1. The van der Waals surface area contributed by atoms with Gasteiger partial charge in [-0.15, -0.1) is 0 Å². The van der Waals surface area contributed by atoms with Gasteiger partial charge in [-0.2, -0.15) is 0 Å². The van der Waals surface area contributed by atoms with Crippen molar-refractivity contribution in [1.29, 1.82) is 0 Å². The molecular weight excluding hydrogens is 187 g/mol. The first-order valence-corrected chi connectivity index (χ1v) is 3.94. The van der Waals surface area contributed by atoms with Gasteiger partial charge in [0.2, 0.25) is 0 Å². The highest BCUT2D eigenvalue weighted by Gasteiger charge is 2.09. The molecule has 0 amide bonds. The fourth-order valence-corrected chi connectivity index (χ4v) is 1.30. The van der Waals surface area contributed by atoms with Crippen molar-refractivity contribution >= 4 is 11.0 Å². The number of phenolic OH excluding ortho intramolecular Hbond substituents is 1. The van der Waals surface area contributed by atoms with E-state index >= 15 is 0 Å². The van der Waals surface area contributed by atoms with Gasteiger partial charge >= 0.3 is 0 Å². The number of nitrogens with zero attached hydrogens (tertiary/aromatic N) is 2. The molecule has 2 aromatic rings. The standard InChI is InChI=1S/C9H7FN2O2/c1-12-7(13)4-11-6-3-2-5(10)9(14)8(6)12/h2-4,14H,1H3. The summed E-state index contributed by atoms with van der Waals surface area (Å²) in [6.45, 7) is 0. The predicted molar refractivity (Wildman–Crippen MR) is 48.6 cm³/mol. The number of aryl methyl sites for hydroxylation is 1. The molecule has 14 heavy (non-hydrogen) atoms. The normalized spacial score (nSPS) is 10.7. The molecule has 1 heterocycles. The van der Waals surface area contributed by atoms with Crippen LogP contribution >= 0.6 is 0 Å². The average Bonchev–Trinajstić information content (AvgIpc) is 2.17. The zero-order chi connectivity index (χ0) is 10.3. The van der Waals surface area contributed by atoms with Gasteiger partial charge in [0.25, 0.3) is 5.56 Å². The second-order valence-corrected chi connectivity index (χ2v) is 2.92. The fraction of sp³-hybridized carbons (Fsp3) is 0.111. The van der Waals surface area contributed by atoms with Crippen molar-refractivity contribution in [3.8, 4) is 5.75 Å². The van der Waals surface area contributed by atoms with E-state index in [9.17, 15) is 14.3 Å². The summed E-state index contributed by atoms with van der Waals surface area (Å²) >= 11 is 0. The Hall–Kier alpha value is -1.91. The van der Waals surface area contributed by atoms with Crippen LogP contribution < -0.4 is 5.56 Å². The molecule has 0 spiro atoms. The molecule has 5 heteroatoms. The lowest BCUT2D eigenvalue weighted by Gasteiger charge is -2.05. The SMILES string of the molecule is Cn1c(=O)cnc2ccc(F)c(O)c21. The highest BCUT2D eigenvalue weighted by molar-refractivity contribution is 5.81. The molecule has 4 nitrogen and oxygen atoms in total. The topological polar surface area (TPSA) is 55.1 Å².